The van der Waals surface area contributed by atoms with Gasteiger partial charge in [0.1, 0.15) is 24.0 Å². The largest absolute Gasteiger partial charge is 0.486 e. The molecule has 1 N–H and O–H groups in total. The summed E-state index contributed by atoms with van der Waals surface area (Å²) < 4.78 is 45.6. The van der Waals surface area contributed by atoms with Crippen molar-refractivity contribution < 1.29 is 22.7 Å². The third kappa shape index (κ3) is 6.63. The van der Waals surface area contributed by atoms with Gasteiger partial charge in [0.05, 0.1) is 14.5 Å². The van der Waals surface area contributed by atoms with Gasteiger partial charge in [-0.15, -0.1) is 0 Å². The second-order valence-electron chi connectivity index (χ2n) is 6.90. The molecule has 0 unspecified atom stereocenters. The number of carbonyl (C=O) groups excluding carboxylic acids is 1. The minimum absolute atomic E-state index is 0.0772. The smallest absolute Gasteiger partial charge is 0.416 e. The van der Waals surface area contributed by atoms with Gasteiger partial charge >= 0.3 is 6.18 Å². The number of rotatable bonds is 6. The summed E-state index contributed by atoms with van der Waals surface area (Å²) in [5, 5.41) is 12.3. The number of halogens is 6. The Bertz CT molecular complexity index is 1280. The fourth-order valence-electron chi connectivity index (χ4n) is 2.85. The highest BCUT2D eigenvalue weighted by molar-refractivity contribution is 9.11. The molecule has 0 saturated heterocycles. The van der Waals surface area contributed by atoms with E-state index in [0.29, 0.717) is 25.3 Å². The fraction of sp³-hybridized carbons (Fsp3) is 0.0833. The molecule has 3 aromatic rings. The lowest BCUT2D eigenvalue weighted by Crippen LogP contribution is -2.14. The standard InChI is InChI=1S/C24H14Br2ClF3N2O2/c25-19-9-14(10-20(26)22(19)34-13-15-4-1-2-7-21(15)27)8-16(12-31)23(33)32-18-6-3-5-17(11-18)24(28,29)30/h1-11H,13H2,(H,32,33)/b16-8+. The molecule has 0 aliphatic heterocycles. The first-order valence-corrected chi connectivity index (χ1v) is 11.5. The van der Waals surface area contributed by atoms with E-state index in [1.165, 1.54) is 18.2 Å². The summed E-state index contributed by atoms with van der Waals surface area (Å²) in [6.45, 7) is 0.217. The minimum Gasteiger partial charge on any atom is -0.486 e. The number of nitriles is 1. The number of hydrogen-bond donors (Lipinski definition) is 1. The zero-order valence-electron chi connectivity index (χ0n) is 17.1. The SMILES string of the molecule is N#C/C(=C\c1cc(Br)c(OCc2ccccc2Cl)c(Br)c1)C(=O)Nc1cccc(C(F)(F)F)c1. The number of anilines is 1. The Morgan fingerprint density at radius 3 is 2.38 bits per heavy atom. The number of ether oxygens (including phenoxy) is 1. The van der Waals surface area contributed by atoms with Crippen molar-refractivity contribution in [2.45, 2.75) is 12.8 Å². The van der Waals surface area contributed by atoms with Crippen LogP contribution in [0.15, 0.2) is 75.2 Å². The molecule has 1 amide bonds. The van der Waals surface area contributed by atoms with Gasteiger partial charge in [0, 0.05) is 16.3 Å². The minimum atomic E-state index is -4.55. The Balaban J connectivity index is 1.79. The van der Waals surface area contributed by atoms with Crippen LogP contribution in [-0.4, -0.2) is 5.91 Å². The summed E-state index contributed by atoms with van der Waals surface area (Å²) in [5.41, 5.74) is 0.00480. The quantitative estimate of drug-likeness (QED) is 0.226. The molecule has 0 atom stereocenters. The van der Waals surface area contributed by atoms with E-state index >= 15 is 0 Å². The molecule has 174 valence electrons. The van der Waals surface area contributed by atoms with Crippen LogP contribution in [0.4, 0.5) is 18.9 Å². The van der Waals surface area contributed by atoms with Crippen molar-refractivity contribution in [2.75, 3.05) is 5.32 Å². The van der Waals surface area contributed by atoms with Crippen LogP contribution in [0.25, 0.3) is 6.08 Å². The maximum absolute atomic E-state index is 12.9. The zero-order valence-corrected chi connectivity index (χ0v) is 21.0. The first-order valence-electron chi connectivity index (χ1n) is 9.54. The Morgan fingerprint density at radius 2 is 1.76 bits per heavy atom. The molecule has 3 aromatic carbocycles. The van der Waals surface area contributed by atoms with E-state index in [2.05, 4.69) is 37.2 Å². The van der Waals surface area contributed by atoms with Crippen LogP contribution in [0.1, 0.15) is 16.7 Å². The van der Waals surface area contributed by atoms with Crippen molar-refractivity contribution in [1.82, 2.24) is 0 Å². The van der Waals surface area contributed by atoms with E-state index in [0.717, 1.165) is 17.7 Å². The van der Waals surface area contributed by atoms with Crippen LogP contribution < -0.4 is 10.1 Å². The van der Waals surface area contributed by atoms with Gasteiger partial charge in [0.25, 0.3) is 5.91 Å². The van der Waals surface area contributed by atoms with Gasteiger partial charge in [-0.25, -0.2) is 0 Å². The van der Waals surface area contributed by atoms with Crippen LogP contribution >= 0.6 is 43.5 Å². The number of carbonyl (C=O) groups is 1. The van der Waals surface area contributed by atoms with Gasteiger partial charge in [-0.05, 0) is 79.9 Å². The number of nitrogens with zero attached hydrogens (tertiary/aromatic N) is 1. The Labute approximate surface area is 215 Å². The van der Waals surface area contributed by atoms with Crippen LogP contribution in [0, 0.1) is 11.3 Å². The Morgan fingerprint density at radius 1 is 1.09 bits per heavy atom. The molecule has 0 fully saturated rings. The molecule has 0 aliphatic carbocycles. The van der Waals surface area contributed by atoms with E-state index in [-0.39, 0.29) is 17.9 Å². The van der Waals surface area contributed by atoms with Gasteiger partial charge < -0.3 is 10.1 Å². The Kier molecular flexibility index (Phi) is 8.42. The van der Waals surface area contributed by atoms with Gasteiger partial charge in [0.2, 0.25) is 0 Å². The number of hydrogen-bond acceptors (Lipinski definition) is 3. The van der Waals surface area contributed by atoms with Crippen LogP contribution in [0.3, 0.4) is 0 Å². The van der Waals surface area contributed by atoms with Crippen molar-refractivity contribution in [3.8, 4) is 11.8 Å². The molecule has 0 aromatic heterocycles. The fourth-order valence-corrected chi connectivity index (χ4v) is 4.49. The molecule has 4 nitrogen and oxygen atoms in total. The summed E-state index contributed by atoms with van der Waals surface area (Å²) >= 11 is 13.0. The van der Waals surface area contributed by atoms with Crippen LogP contribution in [0.2, 0.25) is 5.02 Å². The molecular formula is C24H14Br2ClF3N2O2. The summed E-state index contributed by atoms with van der Waals surface area (Å²) in [6.07, 6.45) is -3.24. The number of alkyl halides is 3. The second kappa shape index (κ2) is 11.1. The molecule has 0 radical (unpaired) electrons. The first-order chi connectivity index (χ1) is 16.1. The highest BCUT2D eigenvalue weighted by Crippen LogP contribution is 2.36. The highest BCUT2D eigenvalue weighted by Gasteiger charge is 2.30. The van der Waals surface area contributed by atoms with Gasteiger partial charge in [0.15, 0.2) is 0 Å². The molecule has 0 spiro atoms. The van der Waals surface area contributed by atoms with Crippen LogP contribution in [-0.2, 0) is 17.6 Å². The number of benzene rings is 3. The van der Waals surface area contributed by atoms with E-state index in [1.54, 1.807) is 24.3 Å². The molecule has 0 bridgehead atoms. The van der Waals surface area contributed by atoms with Crippen molar-refractivity contribution in [1.29, 1.82) is 5.26 Å². The number of amides is 1. The van der Waals surface area contributed by atoms with E-state index in [9.17, 15) is 23.2 Å². The normalized spacial score (nSPS) is 11.6. The summed E-state index contributed by atoms with van der Waals surface area (Å²) in [7, 11) is 0. The van der Waals surface area contributed by atoms with Crippen molar-refractivity contribution in [2.24, 2.45) is 0 Å². The van der Waals surface area contributed by atoms with Crippen LogP contribution in [0.5, 0.6) is 5.75 Å². The lowest BCUT2D eigenvalue weighted by Gasteiger charge is -2.12. The maximum atomic E-state index is 12.9. The van der Waals surface area contributed by atoms with E-state index < -0.39 is 17.6 Å². The summed E-state index contributed by atoms with van der Waals surface area (Å²) in [6, 6.07) is 16.5. The van der Waals surface area contributed by atoms with E-state index in [4.69, 9.17) is 16.3 Å². The molecule has 34 heavy (non-hydrogen) atoms. The summed E-state index contributed by atoms with van der Waals surface area (Å²) in [4.78, 5) is 12.5. The second-order valence-corrected chi connectivity index (χ2v) is 9.01. The maximum Gasteiger partial charge on any atom is 0.416 e. The predicted molar refractivity (Wildman–Crippen MR) is 131 cm³/mol. The molecule has 0 aliphatic rings. The molecule has 3 rings (SSSR count). The summed E-state index contributed by atoms with van der Waals surface area (Å²) in [5.74, 6) is -0.350. The van der Waals surface area contributed by atoms with Crippen molar-refractivity contribution >= 4 is 61.1 Å². The van der Waals surface area contributed by atoms with Gasteiger partial charge in [-0.1, -0.05) is 35.9 Å². The molecule has 0 saturated carbocycles. The molecule has 0 heterocycles. The average molecular weight is 615 g/mol. The third-order valence-electron chi connectivity index (χ3n) is 4.47. The average Bonchev–Trinajstić information content (AvgIpc) is 2.77. The van der Waals surface area contributed by atoms with Crippen molar-refractivity contribution in [3.63, 3.8) is 0 Å². The number of nitrogens with one attached hydrogen (secondary N) is 1. The topological polar surface area (TPSA) is 62.1 Å². The first kappa shape index (κ1) is 25.8. The van der Waals surface area contributed by atoms with Gasteiger partial charge in [-0.3, -0.25) is 4.79 Å². The molecular weight excluding hydrogens is 601 g/mol. The lowest BCUT2D eigenvalue weighted by molar-refractivity contribution is -0.137. The van der Waals surface area contributed by atoms with E-state index in [1.807, 2.05) is 18.2 Å². The predicted octanol–water partition coefficient (Wildman–Crippen LogP) is 8.01. The lowest BCUT2D eigenvalue weighted by atomic mass is 10.1. The zero-order chi connectivity index (χ0) is 24.9. The van der Waals surface area contributed by atoms with Gasteiger partial charge in [-0.2, -0.15) is 18.4 Å². The Hall–Kier alpha value is -2.80. The monoisotopic (exact) mass is 612 g/mol. The molecule has 10 heteroatoms. The highest BCUT2D eigenvalue weighted by atomic mass is 79.9. The van der Waals surface area contributed by atoms with Crippen molar-refractivity contribution in [3.05, 3.63) is 96.9 Å². The third-order valence-corrected chi connectivity index (χ3v) is 6.02.